The molecule has 1 unspecified atom stereocenters. The molecule has 1 rings (SSSR count). The topological polar surface area (TPSA) is 38.5 Å². The number of rotatable bonds is 4. The van der Waals surface area contributed by atoms with Crippen molar-refractivity contribution in [2.45, 2.75) is 25.8 Å². The smallest absolute Gasteiger partial charge is 0.0659 e. The molecule has 0 bridgehead atoms. The van der Waals surface area contributed by atoms with Crippen LogP contribution >= 0.6 is 0 Å². The molecule has 0 aromatic rings. The Balaban J connectivity index is 2.29. The lowest BCUT2D eigenvalue weighted by molar-refractivity contribution is 0.157. The summed E-state index contributed by atoms with van der Waals surface area (Å²) in [4.78, 5) is 2.30. The largest absolute Gasteiger partial charge is 0.379 e. The van der Waals surface area contributed by atoms with Gasteiger partial charge in [0.1, 0.15) is 0 Å². The van der Waals surface area contributed by atoms with Gasteiger partial charge in [0.15, 0.2) is 0 Å². The highest BCUT2D eigenvalue weighted by molar-refractivity contribution is 4.90. The highest BCUT2D eigenvalue weighted by atomic mass is 16.5. The molecule has 0 spiro atoms. The van der Waals surface area contributed by atoms with Crippen LogP contribution in [-0.4, -0.2) is 43.8 Å². The van der Waals surface area contributed by atoms with Crippen LogP contribution in [0.25, 0.3) is 0 Å². The minimum absolute atomic E-state index is 0.0936. The van der Waals surface area contributed by atoms with E-state index in [9.17, 15) is 0 Å². The van der Waals surface area contributed by atoms with E-state index in [0.29, 0.717) is 5.92 Å². The van der Waals surface area contributed by atoms with Crippen LogP contribution in [0.5, 0.6) is 0 Å². The SMILES string of the molecule is CC(C)CN(C)CC1(N)CCOC1. The summed E-state index contributed by atoms with van der Waals surface area (Å²) >= 11 is 0. The fraction of sp³-hybridized carbons (Fsp3) is 1.00. The van der Waals surface area contributed by atoms with Gasteiger partial charge in [0.05, 0.1) is 12.1 Å². The van der Waals surface area contributed by atoms with Crippen LogP contribution in [0.4, 0.5) is 0 Å². The second-order valence-corrected chi connectivity index (χ2v) is 4.76. The highest BCUT2D eigenvalue weighted by Crippen LogP contribution is 2.16. The van der Waals surface area contributed by atoms with E-state index in [-0.39, 0.29) is 5.54 Å². The third kappa shape index (κ3) is 3.63. The van der Waals surface area contributed by atoms with E-state index in [0.717, 1.165) is 32.7 Å². The molecule has 1 fully saturated rings. The first-order valence-corrected chi connectivity index (χ1v) is 5.07. The van der Waals surface area contributed by atoms with Crippen LogP contribution in [0, 0.1) is 5.92 Å². The minimum Gasteiger partial charge on any atom is -0.379 e. The molecule has 1 aliphatic rings. The molecule has 0 saturated carbocycles. The van der Waals surface area contributed by atoms with E-state index in [2.05, 4.69) is 25.8 Å². The van der Waals surface area contributed by atoms with Gasteiger partial charge in [-0.15, -0.1) is 0 Å². The first-order valence-electron chi connectivity index (χ1n) is 5.07. The molecule has 1 aliphatic heterocycles. The predicted molar refractivity (Wildman–Crippen MR) is 54.7 cm³/mol. The molecule has 1 atom stereocenters. The standard InChI is InChI=1S/C10H22N2O/c1-9(2)6-12(3)7-10(11)4-5-13-8-10/h9H,4-8,11H2,1-3H3. The highest BCUT2D eigenvalue weighted by Gasteiger charge is 2.31. The lowest BCUT2D eigenvalue weighted by Crippen LogP contribution is -2.50. The van der Waals surface area contributed by atoms with Crippen molar-refractivity contribution < 1.29 is 4.74 Å². The summed E-state index contributed by atoms with van der Waals surface area (Å²) in [6.45, 7) is 8.06. The molecule has 78 valence electrons. The molecular weight excluding hydrogens is 164 g/mol. The van der Waals surface area contributed by atoms with Crippen LogP contribution in [0.3, 0.4) is 0 Å². The third-order valence-electron chi connectivity index (χ3n) is 2.40. The van der Waals surface area contributed by atoms with Crippen LogP contribution in [0.2, 0.25) is 0 Å². The number of hydrogen-bond donors (Lipinski definition) is 1. The van der Waals surface area contributed by atoms with Crippen molar-refractivity contribution in [3.8, 4) is 0 Å². The number of likely N-dealkylation sites (N-methyl/N-ethyl adjacent to an activating group) is 1. The Kier molecular flexibility index (Phi) is 3.71. The number of ether oxygens (including phenoxy) is 1. The molecule has 0 amide bonds. The summed E-state index contributed by atoms with van der Waals surface area (Å²) in [6, 6.07) is 0. The molecule has 0 aromatic carbocycles. The van der Waals surface area contributed by atoms with Crippen molar-refractivity contribution in [2.24, 2.45) is 11.7 Å². The molecule has 0 radical (unpaired) electrons. The van der Waals surface area contributed by atoms with Crippen molar-refractivity contribution in [3.63, 3.8) is 0 Å². The van der Waals surface area contributed by atoms with Gasteiger partial charge in [-0.2, -0.15) is 0 Å². The van der Waals surface area contributed by atoms with E-state index in [4.69, 9.17) is 10.5 Å². The van der Waals surface area contributed by atoms with Gasteiger partial charge < -0.3 is 15.4 Å². The van der Waals surface area contributed by atoms with Crippen molar-refractivity contribution in [2.75, 3.05) is 33.4 Å². The maximum Gasteiger partial charge on any atom is 0.0659 e. The van der Waals surface area contributed by atoms with Crippen LogP contribution in [0.1, 0.15) is 20.3 Å². The summed E-state index contributed by atoms with van der Waals surface area (Å²) in [6.07, 6.45) is 0.995. The molecule has 2 N–H and O–H groups in total. The zero-order chi connectivity index (χ0) is 9.90. The van der Waals surface area contributed by atoms with Crippen LogP contribution < -0.4 is 5.73 Å². The average molecular weight is 186 g/mol. The summed E-state index contributed by atoms with van der Waals surface area (Å²) < 4.78 is 5.31. The van der Waals surface area contributed by atoms with E-state index in [1.165, 1.54) is 0 Å². The maximum absolute atomic E-state index is 6.17. The van der Waals surface area contributed by atoms with E-state index in [1.54, 1.807) is 0 Å². The normalized spacial score (nSPS) is 29.1. The van der Waals surface area contributed by atoms with E-state index < -0.39 is 0 Å². The monoisotopic (exact) mass is 186 g/mol. The lowest BCUT2D eigenvalue weighted by atomic mass is 9.99. The number of hydrogen-bond acceptors (Lipinski definition) is 3. The van der Waals surface area contributed by atoms with Crippen molar-refractivity contribution in [1.82, 2.24) is 4.90 Å². The molecular formula is C10H22N2O. The molecule has 1 saturated heterocycles. The predicted octanol–water partition coefficient (Wildman–Crippen LogP) is 0.692. The second kappa shape index (κ2) is 4.40. The Morgan fingerprint density at radius 2 is 2.23 bits per heavy atom. The Bertz CT molecular complexity index is 153. The maximum atomic E-state index is 6.17. The second-order valence-electron chi connectivity index (χ2n) is 4.76. The zero-order valence-corrected chi connectivity index (χ0v) is 9.05. The Morgan fingerprint density at radius 3 is 2.69 bits per heavy atom. The lowest BCUT2D eigenvalue weighted by Gasteiger charge is -2.29. The fourth-order valence-corrected chi connectivity index (χ4v) is 1.97. The summed E-state index contributed by atoms with van der Waals surface area (Å²) in [5.41, 5.74) is 6.08. The van der Waals surface area contributed by atoms with Gasteiger partial charge in [-0.05, 0) is 19.4 Å². The summed E-state index contributed by atoms with van der Waals surface area (Å²) in [5.74, 6) is 0.705. The van der Waals surface area contributed by atoms with Gasteiger partial charge in [-0.1, -0.05) is 13.8 Å². The van der Waals surface area contributed by atoms with Gasteiger partial charge in [-0.25, -0.2) is 0 Å². The van der Waals surface area contributed by atoms with E-state index in [1.807, 2.05) is 0 Å². The quantitative estimate of drug-likeness (QED) is 0.702. The first kappa shape index (κ1) is 11.0. The molecule has 13 heavy (non-hydrogen) atoms. The van der Waals surface area contributed by atoms with Crippen molar-refractivity contribution >= 4 is 0 Å². The third-order valence-corrected chi connectivity index (χ3v) is 2.40. The van der Waals surface area contributed by atoms with Crippen molar-refractivity contribution in [1.29, 1.82) is 0 Å². The summed E-state index contributed by atoms with van der Waals surface area (Å²) in [7, 11) is 2.13. The van der Waals surface area contributed by atoms with Gasteiger partial charge in [-0.3, -0.25) is 0 Å². The molecule has 1 heterocycles. The Hall–Kier alpha value is -0.120. The molecule has 3 heteroatoms. The first-order chi connectivity index (χ1) is 6.02. The number of nitrogens with two attached hydrogens (primary N) is 1. The van der Waals surface area contributed by atoms with Gasteiger partial charge in [0.25, 0.3) is 0 Å². The Labute approximate surface area is 81.2 Å². The fourth-order valence-electron chi connectivity index (χ4n) is 1.97. The summed E-state index contributed by atoms with van der Waals surface area (Å²) in [5, 5.41) is 0. The van der Waals surface area contributed by atoms with E-state index >= 15 is 0 Å². The molecule has 0 aromatic heterocycles. The van der Waals surface area contributed by atoms with Crippen molar-refractivity contribution in [3.05, 3.63) is 0 Å². The van der Waals surface area contributed by atoms with Gasteiger partial charge >= 0.3 is 0 Å². The van der Waals surface area contributed by atoms with Crippen LogP contribution in [-0.2, 0) is 4.74 Å². The van der Waals surface area contributed by atoms with Gasteiger partial charge in [0.2, 0.25) is 0 Å². The molecule has 0 aliphatic carbocycles. The Morgan fingerprint density at radius 1 is 1.54 bits per heavy atom. The number of nitrogens with zero attached hydrogens (tertiary/aromatic N) is 1. The zero-order valence-electron chi connectivity index (χ0n) is 9.05. The van der Waals surface area contributed by atoms with Gasteiger partial charge in [0, 0.05) is 19.7 Å². The van der Waals surface area contributed by atoms with Crippen LogP contribution in [0.15, 0.2) is 0 Å². The average Bonchev–Trinajstić information content (AvgIpc) is 2.33. The molecule has 3 nitrogen and oxygen atoms in total. The minimum atomic E-state index is -0.0936.